The van der Waals surface area contributed by atoms with Gasteiger partial charge in [0, 0.05) is 12.8 Å². The summed E-state index contributed by atoms with van der Waals surface area (Å²) < 4.78 is 30.6. The fraction of sp³-hybridized carbons (Fsp3) is 0.833. The Balaban J connectivity index is 5.34. The maximum absolute atomic E-state index is 13.5. The van der Waals surface area contributed by atoms with E-state index in [1.807, 2.05) is 33.3 Å². The highest BCUT2D eigenvalue weighted by atomic mass is 31.2. The Morgan fingerprint density at radius 2 is 0.871 bits per heavy atom. The Bertz CT molecular complexity index is 1340. The summed E-state index contributed by atoms with van der Waals surface area (Å²) in [6.07, 6.45) is 60.9. The van der Waals surface area contributed by atoms with Crippen LogP contribution in [0.25, 0.3) is 0 Å². The average molecular weight is 1010 g/mol. The van der Waals surface area contributed by atoms with Crippen LogP contribution in [0.5, 0.6) is 0 Å². The number of rotatable bonds is 53. The number of quaternary nitrogens is 1. The van der Waals surface area contributed by atoms with Crippen molar-refractivity contribution in [2.24, 2.45) is 0 Å². The van der Waals surface area contributed by atoms with Gasteiger partial charge >= 0.3 is 13.8 Å². The number of phosphoric acid groups is 1. The van der Waals surface area contributed by atoms with Crippen molar-refractivity contribution >= 4 is 19.7 Å². The number of nitrogens with one attached hydrogen (secondary N) is 1. The first-order valence-corrected chi connectivity index (χ1v) is 31.0. The number of esters is 1. The number of hydrogen-bond acceptors (Lipinski definition) is 6. The summed E-state index contributed by atoms with van der Waals surface area (Å²) in [5, 5.41) is 3.05. The fourth-order valence-electron chi connectivity index (χ4n) is 8.38. The second kappa shape index (κ2) is 50.5. The van der Waals surface area contributed by atoms with E-state index >= 15 is 0 Å². The number of carbonyl (C=O) groups is 2. The summed E-state index contributed by atoms with van der Waals surface area (Å²) >= 11 is 0. The van der Waals surface area contributed by atoms with Crippen LogP contribution < -0.4 is 5.32 Å². The highest BCUT2D eigenvalue weighted by Gasteiger charge is 2.30. The molecule has 0 aromatic rings. The quantitative estimate of drug-likeness (QED) is 0.0205. The van der Waals surface area contributed by atoms with E-state index in [2.05, 4.69) is 62.5 Å². The molecule has 0 bridgehead atoms. The zero-order valence-electron chi connectivity index (χ0n) is 46.8. The lowest BCUT2D eigenvalue weighted by Crippen LogP contribution is -2.47. The third-order valence-electron chi connectivity index (χ3n) is 13.0. The molecule has 410 valence electrons. The van der Waals surface area contributed by atoms with Gasteiger partial charge in [-0.05, 0) is 89.5 Å². The SMILES string of the molecule is CCCCC/C=C\C/C=C\CCCCCCCCCC(=O)OC(/C=C/CCCCCCCCCCCC)C(COP(=O)(O)OCC[N+](C)(C)C)NC(=O)CCCCCCCCC/C=C\CCCCCC. The van der Waals surface area contributed by atoms with Gasteiger partial charge in [-0.2, -0.15) is 0 Å². The van der Waals surface area contributed by atoms with Crippen LogP contribution in [-0.2, 0) is 27.9 Å². The number of unbranched alkanes of at least 4 members (excludes halogenated alkanes) is 31. The fourth-order valence-corrected chi connectivity index (χ4v) is 9.11. The highest BCUT2D eigenvalue weighted by Crippen LogP contribution is 2.43. The Morgan fingerprint density at radius 1 is 0.500 bits per heavy atom. The maximum atomic E-state index is 13.5. The van der Waals surface area contributed by atoms with Crippen LogP contribution in [0.1, 0.15) is 271 Å². The molecule has 3 unspecified atom stereocenters. The van der Waals surface area contributed by atoms with Gasteiger partial charge in [0.15, 0.2) is 0 Å². The maximum Gasteiger partial charge on any atom is 0.472 e. The predicted octanol–water partition coefficient (Wildman–Crippen LogP) is 17.7. The zero-order valence-corrected chi connectivity index (χ0v) is 47.7. The van der Waals surface area contributed by atoms with E-state index in [0.717, 1.165) is 89.9 Å². The standard InChI is InChI=1S/C60H113N2O7P/c1-7-10-13-16-19-22-25-28-30-31-33-35-38-41-44-47-50-53-60(64)69-58(51-48-45-42-39-36-27-24-21-18-15-12-9-3)57(56-68-70(65,66)67-55-54-62(4,5)6)61-59(63)52-49-46-43-40-37-34-32-29-26-23-20-17-14-11-8-2/h19,22-23,26,28,30,48,51,57-58H,7-18,20-21,24-25,27,29,31-47,49-50,52-56H2,1-6H3,(H-,61,63,65,66)/p+1/b22-19-,26-23-,30-28-,51-48+. The Kier molecular flexibility index (Phi) is 49.0. The van der Waals surface area contributed by atoms with E-state index in [9.17, 15) is 19.0 Å². The molecule has 0 aromatic carbocycles. The molecule has 2 N–H and O–H groups in total. The number of phosphoric ester groups is 1. The molecule has 0 aliphatic heterocycles. The van der Waals surface area contributed by atoms with Gasteiger partial charge in [0.1, 0.15) is 19.3 Å². The monoisotopic (exact) mass is 1010 g/mol. The van der Waals surface area contributed by atoms with Crippen LogP contribution in [0.4, 0.5) is 0 Å². The van der Waals surface area contributed by atoms with Crippen molar-refractivity contribution in [2.45, 2.75) is 283 Å². The minimum absolute atomic E-state index is 0.0381. The predicted molar refractivity (Wildman–Crippen MR) is 300 cm³/mol. The molecule has 0 aliphatic rings. The molecule has 10 heteroatoms. The summed E-state index contributed by atoms with van der Waals surface area (Å²) in [4.78, 5) is 37.6. The molecule has 0 radical (unpaired) electrons. The zero-order chi connectivity index (χ0) is 51.5. The summed E-state index contributed by atoms with van der Waals surface area (Å²) in [6, 6.07) is -0.852. The summed E-state index contributed by atoms with van der Waals surface area (Å²) in [7, 11) is 1.49. The van der Waals surface area contributed by atoms with Crippen LogP contribution in [0, 0.1) is 0 Å². The molecule has 3 atom stereocenters. The molecule has 0 rings (SSSR count). The van der Waals surface area contributed by atoms with Crippen LogP contribution >= 0.6 is 7.82 Å². The average Bonchev–Trinajstić information content (AvgIpc) is 3.32. The van der Waals surface area contributed by atoms with E-state index in [1.54, 1.807) is 0 Å². The van der Waals surface area contributed by atoms with Crippen LogP contribution in [0.2, 0.25) is 0 Å². The van der Waals surface area contributed by atoms with Crippen molar-refractivity contribution in [3.63, 3.8) is 0 Å². The van der Waals surface area contributed by atoms with Gasteiger partial charge in [-0.3, -0.25) is 18.6 Å². The number of ether oxygens (including phenoxy) is 1. The lowest BCUT2D eigenvalue weighted by Gasteiger charge is -2.27. The smallest absolute Gasteiger partial charge is 0.456 e. The second-order valence-electron chi connectivity index (χ2n) is 21.2. The number of carbonyl (C=O) groups excluding carboxylic acids is 2. The van der Waals surface area contributed by atoms with Crippen molar-refractivity contribution < 1.29 is 37.3 Å². The number of allylic oxidation sites excluding steroid dienone is 7. The van der Waals surface area contributed by atoms with Gasteiger partial charge in [0.25, 0.3) is 0 Å². The summed E-state index contributed by atoms with van der Waals surface area (Å²) in [5.74, 6) is -0.514. The topological polar surface area (TPSA) is 111 Å². The number of hydrogen-bond donors (Lipinski definition) is 2. The molecule has 0 saturated heterocycles. The normalized spacial score (nSPS) is 14.1. The molecule has 9 nitrogen and oxygen atoms in total. The molecule has 0 aliphatic carbocycles. The molecule has 0 saturated carbocycles. The van der Waals surface area contributed by atoms with Crippen molar-refractivity contribution in [3.8, 4) is 0 Å². The van der Waals surface area contributed by atoms with E-state index in [0.29, 0.717) is 17.4 Å². The van der Waals surface area contributed by atoms with Gasteiger partial charge in [-0.15, -0.1) is 0 Å². The van der Waals surface area contributed by atoms with Gasteiger partial charge in [0.05, 0.1) is 33.8 Å². The number of amides is 1. The van der Waals surface area contributed by atoms with Crippen LogP contribution in [-0.4, -0.2) is 74.3 Å². The van der Waals surface area contributed by atoms with Crippen LogP contribution in [0.15, 0.2) is 48.6 Å². The molecule has 0 heterocycles. The van der Waals surface area contributed by atoms with Crippen molar-refractivity contribution in [1.29, 1.82) is 0 Å². The molecule has 0 aromatic heterocycles. The van der Waals surface area contributed by atoms with Gasteiger partial charge in [-0.1, -0.05) is 217 Å². The first kappa shape index (κ1) is 68.0. The van der Waals surface area contributed by atoms with Crippen molar-refractivity contribution in [1.82, 2.24) is 5.32 Å². The lowest BCUT2D eigenvalue weighted by atomic mass is 10.0. The Labute approximate surface area is 433 Å². The number of nitrogens with zero attached hydrogens (tertiary/aromatic N) is 1. The second-order valence-corrected chi connectivity index (χ2v) is 22.6. The Morgan fingerprint density at radius 3 is 1.34 bits per heavy atom. The Hall–Kier alpha value is -2.03. The third kappa shape index (κ3) is 50.9. The first-order chi connectivity index (χ1) is 33.9. The van der Waals surface area contributed by atoms with Crippen molar-refractivity contribution in [2.75, 3.05) is 40.9 Å². The van der Waals surface area contributed by atoms with E-state index in [4.69, 9.17) is 13.8 Å². The summed E-state index contributed by atoms with van der Waals surface area (Å²) in [6.45, 7) is 6.97. The minimum atomic E-state index is -4.45. The van der Waals surface area contributed by atoms with Crippen molar-refractivity contribution in [3.05, 3.63) is 48.6 Å². The molecule has 0 spiro atoms. The lowest BCUT2D eigenvalue weighted by molar-refractivity contribution is -0.870. The first-order valence-electron chi connectivity index (χ1n) is 29.5. The van der Waals surface area contributed by atoms with E-state index < -0.39 is 20.0 Å². The largest absolute Gasteiger partial charge is 0.472 e. The third-order valence-corrected chi connectivity index (χ3v) is 14.0. The van der Waals surface area contributed by atoms with Gasteiger partial charge < -0.3 is 19.4 Å². The molecule has 70 heavy (non-hydrogen) atoms. The number of likely N-dealkylation sites (N-methyl/N-ethyl adjacent to an activating group) is 1. The molecular weight excluding hydrogens is 892 g/mol. The van der Waals surface area contributed by atoms with E-state index in [-0.39, 0.29) is 31.5 Å². The molecule has 1 amide bonds. The highest BCUT2D eigenvalue weighted by molar-refractivity contribution is 7.47. The molecule has 0 fully saturated rings. The van der Waals surface area contributed by atoms with Gasteiger partial charge in [-0.25, -0.2) is 4.57 Å². The van der Waals surface area contributed by atoms with Gasteiger partial charge in [0.2, 0.25) is 5.91 Å². The molecular formula is C60H114N2O7P+. The van der Waals surface area contributed by atoms with E-state index in [1.165, 1.54) is 148 Å². The summed E-state index contributed by atoms with van der Waals surface area (Å²) in [5.41, 5.74) is 0. The minimum Gasteiger partial charge on any atom is -0.456 e. The van der Waals surface area contributed by atoms with Crippen LogP contribution in [0.3, 0.4) is 0 Å².